The third-order valence-electron chi connectivity index (χ3n) is 1.33. The van der Waals surface area contributed by atoms with Crippen LogP contribution in [0.25, 0.3) is 0 Å². The second-order valence-electron chi connectivity index (χ2n) is 3.20. The van der Waals surface area contributed by atoms with Gasteiger partial charge in [0.05, 0.1) is 10.7 Å². The number of nitrogens with one attached hydrogen (secondary N) is 1. The Kier molecular flexibility index (Phi) is 3.75. The van der Waals surface area contributed by atoms with Gasteiger partial charge in [-0.15, -0.1) is 0 Å². The zero-order valence-corrected chi connectivity index (χ0v) is 10.1. The quantitative estimate of drug-likeness (QED) is 0.669. The summed E-state index contributed by atoms with van der Waals surface area (Å²) in [4.78, 5) is 5.20. The number of benzene rings is 1. The fourth-order valence-corrected chi connectivity index (χ4v) is 1.00. The molecule has 0 heterocycles. The van der Waals surface area contributed by atoms with E-state index in [0.29, 0.717) is 5.69 Å². The highest BCUT2D eigenvalue weighted by Crippen LogP contribution is 2.22. The molecule has 0 aliphatic heterocycles. The summed E-state index contributed by atoms with van der Waals surface area (Å²) in [5, 5.41) is 0.0611. The third-order valence-corrected chi connectivity index (χ3v) is 1.78. The lowest BCUT2D eigenvalue weighted by Crippen LogP contribution is -2.19. The van der Waals surface area contributed by atoms with E-state index in [-0.39, 0.29) is 5.02 Å². The van der Waals surface area contributed by atoms with Crippen LogP contribution in [0.5, 0.6) is 0 Å². The summed E-state index contributed by atoms with van der Waals surface area (Å²) in [5.74, 6) is -0.449. The first kappa shape index (κ1) is 11.8. The van der Waals surface area contributed by atoms with Gasteiger partial charge < -0.3 is 0 Å². The van der Waals surface area contributed by atoms with Gasteiger partial charge in [0.2, 0.25) is 0 Å². The zero-order chi connectivity index (χ0) is 10.8. The molecule has 0 saturated carbocycles. The summed E-state index contributed by atoms with van der Waals surface area (Å²) < 4.78 is 12.3. The number of hydrogen-bond donors (Lipinski definition) is 1. The SMILES string of the molecule is CC(C)(Br)ONc1ccc(F)c(Cl)c1. The molecule has 0 amide bonds. The van der Waals surface area contributed by atoms with Crippen molar-refractivity contribution in [1.29, 1.82) is 0 Å². The van der Waals surface area contributed by atoms with Crippen LogP contribution in [-0.2, 0) is 4.84 Å². The Morgan fingerprint density at radius 2 is 2.14 bits per heavy atom. The van der Waals surface area contributed by atoms with Crippen molar-refractivity contribution in [3.8, 4) is 0 Å². The van der Waals surface area contributed by atoms with E-state index in [1.165, 1.54) is 12.1 Å². The van der Waals surface area contributed by atoms with E-state index in [0.717, 1.165) is 0 Å². The third kappa shape index (κ3) is 3.82. The van der Waals surface area contributed by atoms with Crippen LogP contribution < -0.4 is 5.48 Å². The van der Waals surface area contributed by atoms with Gasteiger partial charge in [0.25, 0.3) is 0 Å². The van der Waals surface area contributed by atoms with Gasteiger partial charge in [-0.3, -0.25) is 10.3 Å². The summed E-state index contributed by atoms with van der Waals surface area (Å²) in [7, 11) is 0. The molecular weight excluding hydrogens is 272 g/mol. The lowest BCUT2D eigenvalue weighted by molar-refractivity contribution is 0.107. The molecule has 0 saturated heterocycles. The summed E-state index contributed by atoms with van der Waals surface area (Å²) in [6.45, 7) is 3.65. The van der Waals surface area contributed by atoms with Crippen molar-refractivity contribution in [3.63, 3.8) is 0 Å². The number of rotatable bonds is 3. The first-order valence-corrected chi connectivity index (χ1v) is 5.13. The summed E-state index contributed by atoms with van der Waals surface area (Å²) in [6.07, 6.45) is 0. The molecule has 1 N–H and O–H groups in total. The minimum Gasteiger partial charge on any atom is -0.265 e. The molecule has 78 valence electrons. The number of anilines is 1. The van der Waals surface area contributed by atoms with Crippen LogP contribution in [0.2, 0.25) is 5.02 Å². The standard InChI is InChI=1S/C9H10BrClFNO/c1-9(2,10)14-13-6-3-4-8(12)7(11)5-6/h3-5,13H,1-2H3. The molecule has 0 aliphatic rings. The van der Waals surface area contributed by atoms with Crippen molar-refractivity contribution in [2.24, 2.45) is 0 Å². The van der Waals surface area contributed by atoms with E-state index in [9.17, 15) is 4.39 Å². The molecule has 0 spiro atoms. The van der Waals surface area contributed by atoms with Gasteiger partial charge in [-0.2, -0.15) is 0 Å². The molecule has 0 unspecified atom stereocenters. The van der Waals surface area contributed by atoms with Crippen LogP contribution in [0.1, 0.15) is 13.8 Å². The molecule has 0 fully saturated rings. The molecule has 0 bridgehead atoms. The first-order chi connectivity index (χ1) is 6.38. The minimum atomic E-state index is -0.492. The van der Waals surface area contributed by atoms with Crippen LogP contribution >= 0.6 is 27.5 Å². The van der Waals surface area contributed by atoms with Crippen LogP contribution in [0.4, 0.5) is 10.1 Å². The Hall–Kier alpha value is -0.320. The summed E-state index contributed by atoms with van der Waals surface area (Å²) >= 11 is 8.86. The number of alkyl halides is 1. The Labute approximate surface area is 95.5 Å². The van der Waals surface area contributed by atoms with Crippen molar-refractivity contribution in [2.45, 2.75) is 18.4 Å². The number of hydrogen-bond acceptors (Lipinski definition) is 2. The van der Waals surface area contributed by atoms with E-state index in [4.69, 9.17) is 16.4 Å². The highest BCUT2D eigenvalue weighted by molar-refractivity contribution is 9.10. The normalized spacial score (nSPS) is 11.5. The predicted octanol–water partition coefficient (Wildman–Crippen LogP) is 3.95. The van der Waals surface area contributed by atoms with Crippen molar-refractivity contribution in [3.05, 3.63) is 29.0 Å². The Bertz CT molecular complexity index is 327. The van der Waals surface area contributed by atoms with Gasteiger partial charge in [-0.25, -0.2) is 4.39 Å². The zero-order valence-electron chi connectivity index (χ0n) is 7.77. The van der Waals surface area contributed by atoms with Crippen molar-refractivity contribution < 1.29 is 9.23 Å². The molecule has 0 aromatic heterocycles. The largest absolute Gasteiger partial charge is 0.265 e. The molecule has 1 aromatic rings. The molecule has 0 aliphatic carbocycles. The topological polar surface area (TPSA) is 21.3 Å². The van der Waals surface area contributed by atoms with Gasteiger partial charge in [-0.1, -0.05) is 27.5 Å². The molecular formula is C9H10BrClFNO. The van der Waals surface area contributed by atoms with Gasteiger partial charge in [0.1, 0.15) is 10.3 Å². The molecule has 0 atom stereocenters. The predicted molar refractivity (Wildman–Crippen MR) is 59.1 cm³/mol. The summed E-state index contributed by atoms with van der Waals surface area (Å²) in [6, 6.07) is 4.27. The van der Waals surface area contributed by atoms with Crippen LogP contribution in [0.15, 0.2) is 18.2 Å². The van der Waals surface area contributed by atoms with Crippen LogP contribution in [-0.4, -0.2) is 4.51 Å². The fraction of sp³-hybridized carbons (Fsp3) is 0.333. The Balaban J connectivity index is 2.65. The second kappa shape index (κ2) is 4.47. The van der Waals surface area contributed by atoms with Crippen molar-refractivity contribution in [1.82, 2.24) is 0 Å². The van der Waals surface area contributed by atoms with E-state index in [1.54, 1.807) is 6.07 Å². The highest BCUT2D eigenvalue weighted by Gasteiger charge is 2.13. The fourth-order valence-electron chi connectivity index (χ4n) is 0.740. The van der Waals surface area contributed by atoms with Crippen LogP contribution in [0.3, 0.4) is 0 Å². The van der Waals surface area contributed by atoms with Gasteiger partial charge >= 0.3 is 0 Å². The summed E-state index contributed by atoms with van der Waals surface area (Å²) in [5.41, 5.74) is 3.26. The maximum absolute atomic E-state index is 12.8. The van der Waals surface area contributed by atoms with Gasteiger partial charge in [0.15, 0.2) is 0 Å². The monoisotopic (exact) mass is 281 g/mol. The lowest BCUT2D eigenvalue weighted by atomic mass is 10.3. The molecule has 14 heavy (non-hydrogen) atoms. The smallest absolute Gasteiger partial charge is 0.144 e. The van der Waals surface area contributed by atoms with Crippen molar-refractivity contribution >= 4 is 33.2 Å². The minimum absolute atomic E-state index is 0.0611. The average molecular weight is 283 g/mol. The average Bonchev–Trinajstić information content (AvgIpc) is 2.06. The number of halogens is 3. The maximum atomic E-state index is 12.8. The molecule has 5 heteroatoms. The van der Waals surface area contributed by atoms with Gasteiger partial charge in [-0.05, 0) is 32.0 Å². The Morgan fingerprint density at radius 3 is 2.64 bits per heavy atom. The van der Waals surface area contributed by atoms with E-state index in [1.807, 2.05) is 13.8 Å². The van der Waals surface area contributed by atoms with Gasteiger partial charge in [0, 0.05) is 0 Å². The van der Waals surface area contributed by atoms with Crippen LogP contribution in [0, 0.1) is 5.82 Å². The van der Waals surface area contributed by atoms with E-state index < -0.39 is 10.3 Å². The van der Waals surface area contributed by atoms with E-state index in [2.05, 4.69) is 21.4 Å². The maximum Gasteiger partial charge on any atom is 0.144 e. The molecule has 1 rings (SSSR count). The Morgan fingerprint density at radius 1 is 1.50 bits per heavy atom. The molecule has 2 nitrogen and oxygen atoms in total. The highest BCUT2D eigenvalue weighted by atomic mass is 79.9. The first-order valence-electron chi connectivity index (χ1n) is 3.96. The lowest BCUT2D eigenvalue weighted by Gasteiger charge is -2.18. The van der Waals surface area contributed by atoms with E-state index >= 15 is 0 Å². The molecule has 0 radical (unpaired) electrons. The molecule has 1 aromatic carbocycles. The second-order valence-corrected chi connectivity index (χ2v) is 5.51. The van der Waals surface area contributed by atoms with Crippen molar-refractivity contribution in [2.75, 3.05) is 5.48 Å².